The molecule has 4 N–H and O–H groups in total. The van der Waals surface area contributed by atoms with Crippen molar-refractivity contribution in [1.29, 1.82) is 0 Å². The zero-order valence-corrected chi connectivity index (χ0v) is 32.5. The van der Waals surface area contributed by atoms with Crippen LogP contribution in [0.1, 0.15) is 91.2 Å². The van der Waals surface area contributed by atoms with Crippen LogP contribution in [0.4, 0.5) is 4.79 Å². The van der Waals surface area contributed by atoms with Gasteiger partial charge in [0, 0.05) is 35.5 Å². The highest BCUT2D eigenvalue weighted by molar-refractivity contribution is 7.91. The first-order valence-electron chi connectivity index (χ1n) is 18.4. The maximum absolute atomic E-state index is 14.6. The summed E-state index contributed by atoms with van der Waals surface area (Å²) in [5.41, 5.74) is -1.43. The number of hydrogen-bond donors (Lipinski definition) is 4. The van der Waals surface area contributed by atoms with Crippen molar-refractivity contribution < 1.29 is 32.3 Å². The number of hydrogen-bond acceptors (Lipinski definition) is 10. The molecule has 3 heterocycles. The molecule has 2 saturated carbocycles. The van der Waals surface area contributed by atoms with E-state index < -0.39 is 79.6 Å². The molecule has 0 unspecified atom stereocenters. The number of sulfonamides is 1. The van der Waals surface area contributed by atoms with Crippen LogP contribution < -0.4 is 25.4 Å². The lowest BCUT2D eigenvalue weighted by atomic mass is 9.85. The zero-order valence-electron chi connectivity index (χ0n) is 31.7. The summed E-state index contributed by atoms with van der Waals surface area (Å²) >= 11 is 0. The monoisotopic (exact) mass is 765 g/mol. The van der Waals surface area contributed by atoms with Crippen LogP contribution >= 0.6 is 0 Å². The number of ether oxygens (including phenoxy) is 1. The second-order valence-electron chi connectivity index (χ2n) is 16.5. The van der Waals surface area contributed by atoms with Crippen molar-refractivity contribution in [3.63, 3.8) is 0 Å². The summed E-state index contributed by atoms with van der Waals surface area (Å²) < 4.78 is 33.2. The van der Waals surface area contributed by atoms with E-state index in [1.807, 2.05) is 65.0 Å². The molecule has 4 aliphatic rings. The molecule has 5 amide bonds. The van der Waals surface area contributed by atoms with E-state index in [-0.39, 0.29) is 19.4 Å². The van der Waals surface area contributed by atoms with Crippen LogP contribution in [-0.4, -0.2) is 99.3 Å². The van der Waals surface area contributed by atoms with E-state index in [1.165, 1.54) is 15.8 Å². The highest BCUT2D eigenvalue weighted by Gasteiger charge is 2.62. The summed E-state index contributed by atoms with van der Waals surface area (Å²) in [6, 6.07) is 2.22. The van der Waals surface area contributed by atoms with Gasteiger partial charge in [-0.1, -0.05) is 39.0 Å². The molecule has 2 aliphatic heterocycles. The van der Waals surface area contributed by atoms with E-state index in [2.05, 4.69) is 42.7 Å². The molecular formula is C37H51N9O7S. The Morgan fingerprint density at radius 3 is 2.56 bits per heavy atom. The molecule has 1 aromatic carbocycles. The number of tetrazole rings is 1. The minimum atomic E-state index is -3.90. The predicted molar refractivity (Wildman–Crippen MR) is 200 cm³/mol. The lowest BCUT2D eigenvalue weighted by Gasteiger charge is -2.36. The Morgan fingerprint density at radius 2 is 1.91 bits per heavy atom. The van der Waals surface area contributed by atoms with Crippen molar-refractivity contribution >= 4 is 39.9 Å². The standard InChI is InChI=1S/C37H51N9O7S/c1-8-24-20-37(24,33(49)43-54(51,52)26-14-15-26)39-31(47)27-19-25-21-45(27)32(48)29(35(2,3)4)38-34(50)40-36(5,6)17-11-9-10-12-22-18-23(13-16-28(22)53-7)30-41-44-46(25)42-30/h8,10,12-13,16,18,24-27,29H,1,9,11,14-15,17,19-21H2,2-7H3,(H,39,47)(H,43,49)(H2,38,40,50)/b12-10-/t24-,25+,27-,29-,37-/m0/s1. The third-order valence-corrected chi connectivity index (χ3v) is 12.5. The summed E-state index contributed by atoms with van der Waals surface area (Å²) in [7, 11) is -2.30. The van der Waals surface area contributed by atoms with Gasteiger partial charge in [-0.2, -0.15) is 4.80 Å². The lowest BCUT2D eigenvalue weighted by Crippen LogP contribution is -2.62. The van der Waals surface area contributed by atoms with E-state index >= 15 is 0 Å². The number of carbonyl (C=O) groups excluding carboxylic acids is 4. The molecule has 0 spiro atoms. The van der Waals surface area contributed by atoms with Crippen LogP contribution in [0, 0.1) is 11.3 Å². The molecule has 6 bridgehead atoms. The van der Waals surface area contributed by atoms with E-state index in [9.17, 15) is 27.6 Å². The second-order valence-corrected chi connectivity index (χ2v) is 18.5. The number of fused-ring (bicyclic) bond motifs is 8. The maximum Gasteiger partial charge on any atom is 0.315 e. The Labute approximate surface area is 315 Å². The smallest absolute Gasteiger partial charge is 0.315 e. The minimum Gasteiger partial charge on any atom is -0.496 e. The van der Waals surface area contributed by atoms with Gasteiger partial charge in [-0.05, 0) is 81.2 Å². The molecular weight excluding hydrogens is 715 g/mol. The first-order chi connectivity index (χ1) is 25.4. The van der Waals surface area contributed by atoms with Crippen molar-refractivity contribution in [3.05, 3.63) is 42.5 Å². The van der Waals surface area contributed by atoms with E-state index in [4.69, 9.17) is 4.74 Å². The fourth-order valence-corrected chi connectivity index (χ4v) is 8.58. The highest BCUT2D eigenvalue weighted by Crippen LogP contribution is 2.46. The van der Waals surface area contributed by atoms with Crippen molar-refractivity contribution in [2.75, 3.05) is 13.7 Å². The molecule has 2 aromatic rings. The molecule has 17 heteroatoms. The summed E-state index contributed by atoms with van der Waals surface area (Å²) in [6.07, 6.45) is 8.81. The predicted octanol–water partition coefficient (Wildman–Crippen LogP) is 2.85. The fraction of sp³-hybridized carbons (Fsp3) is 0.595. The van der Waals surface area contributed by atoms with Crippen molar-refractivity contribution in [2.45, 2.75) is 114 Å². The number of amides is 5. The molecule has 5 atom stereocenters. The Balaban J connectivity index is 1.36. The average molecular weight is 766 g/mol. The Morgan fingerprint density at radius 1 is 1.17 bits per heavy atom. The number of urea groups is 1. The summed E-state index contributed by atoms with van der Waals surface area (Å²) in [5.74, 6) is -1.52. The van der Waals surface area contributed by atoms with Crippen molar-refractivity contribution in [2.24, 2.45) is 11.3 Å². The number of nitrogens with one attached hydrogen (secondary N) is 4. The van der Waals surface area contributed by atoms with E-state index in [0.29, 0.717) is 36.4 Å². The number of nitrogens with zero attached hydrogens (tertiary/aromatic N) is 5. The largest absolute Gasteiger partial charge is 0.496 e. The topological polar surface area (TPSA) is 207 Å². The quantitative estimate of drug-likeness (QED) is 0.303. The molecule has 1 aromatic heterocycles. The van der Waals surface area contributed by atoms with Gasteiger partial charge in [0.15, 0.2) is 0 Å². The molecule has 1 saturated heterocycles. The molecule has 3 fully saturated rings. The van der Waals surface area contributed by atoms with Crippen LogP contribution in [0.25, 0.3) is 17.5 Å². The lowest BCUT2D eigenvalue weighted by molar-refractivity contribution is -0.142. The van der Waals surface area contributed by atoms with Gasteiger partial charge in [0.1, 0.15) is 23.4 Å². The average Bonchev–Trinajstić information content (AvgIpc) is 3.97. The molecule has 292 valence electrons. The molecule has 0 radical (unpaired) electrons. The second kappa shape index (κ2) is 14.5. The van der Waals surface area contributed by atoms with Gasteiger partial charge < -0.3 is 25.6 Å². The first kappa shape index (κ1) is 38.9. The zero-order chi connectivity index (χ0) is 39.2. The van der Waals surface area contributed by atoms with Crippen LogP contribution in [0.15, 0.2) is 36.9 Å². The molecule has 54 heavy (non-hydrogen) atoms. The van der Waals surface area contributed by atoms with Gasteiger partial charge in [-0.25, -0.2) is 13.2 Å². The third kappa shape index (κ3) is 8.15. The fourth-order valence-electron chi connectivity index (χ4n) is 7.22. The minimum absolute atomic E-state index is 0.00909. The Kier molecular flexibility index (Phi) is 10.4. The number of carbonyl (C=O) groups is 4. The normalized spacial score (nSPS) is 27.9. The highest BCUT2D eigenvalue weighted by atomic mass is 32.2. The SMILES string of the molecule is C=C[C@H]1C[C@@]1(NC(=O)[C@@H]1C[C@@H]2CN1C(=O)[C@@H](C(C)(C)C)NC(=O)NC(C)(C)CCC/C=C\c1cc(ccc1OC)-c1nnn2n1)C(=O)NS(=O)(=O)C1CC1. The Hall–Kier alpha value is -4.80. The van der Waals surface area contributed by atoms with Crippen LogP contribution in [0.5, 0.6) is 5.75 Å². The number of allylic oxidation sites excluding steroid dienone is 1. The molecule has 2 aliphatic carbocycles. The summed E-state index contributed by atoms with van der Waals surface area (Å²) in [6.45, 7) is 13.1. The number of benzene rings is 1. The van der Waals surface area contributed by atoms with Gasteiger partial charge in [-0.3, -0.25) is 19.1 Å². The third-order valence-electron chi connectivity index (χ3n) is 10.7. The summed E-state index contributed by atoms with van der Waals surface area (Å²) in [4.78, 5) is 58.8. The number of rotatable bonds is 7. The molecule has 6 rings (SSSR count). The van der Waals surface area contributed by atoms with Gasteiger partial charge in [0.05, 0.1) is 18.4 Å². The van der Waals surface area contributed by atoms with Crippen LogP contribution in [0.2, 0.25) is 0 Å². The number of aromatic nitrogens is 4. The van der Waals surface area contributed by atoms with Gasteiger partial charge in [-0.15, -0.1) is 16.8 Å². The Bertz CT molecular complexity index is 1970. The van der Waals surface area contributed by atoms with Gasteiger partial charge in [0.25, 0.3) is 5.91 Å². The van der Waals surface area contributed by atoms with E-state index in [0.717, 1.165) is 18.4 Å². The molecule has 16 nitrogen and oxygen atoms in total. The van der Waals surface area contributed by atoms with Crippen molar-refractivity contribution in [3.8, 4) is 17.1 Å². The van der Waals surface area contributed by atoms with Gasteiger partial charge >= 0.3 is 6.03 Å². The van der Waals surface area contributed by atoms with Crippen molar-refractivity contribution in [1.82, 2.24) is 45.8 Å². The van der Waals surface area contributed by atoms with E-state index in [1.54, 1.807) is 7.11 Å². The first-order valence-corrected chi connectivity index (χ1v) is 20.0. The van der Waals surface area contributed by atoms with Crippen LogP contribution in [0.3, 0.4) is 0 Å². The van der Waals surface area contributed by atoms with Gasteiger partial charge in [0.2, 0.25) is 27.7 Å². The summed E-state index contributed by atoms with van der Waals surface area (Å²) in [5, 5.41) is 21.4. The number of methoxy groups -OCH3 is 1. The van der Waals surface area contributed by atoms with Crippen LogP contribution in [-0.2, 0) is 24.4 Å². The maximum atomic E-state index is 14.6.